The van der Waals surface area contributed by atoms with Gasteiger partial charge in [-0.15, -0.1) is 150 Å². The maximum Gasteiger partial charge on any atom is 0.0602 e. The second-order valence-electron chi connectivity index (χ2n) is 16.2. The second-order valence-corrected chi connectivity index (χ2v) is 16.2. The van der Waals surface area contributed by atoms with Gasteiger partial charge in [0.15, 0.2) is 0 Å². The standard InChI is InChI=1S/C16H13N2.C15H11N2.C10H7F2N2.C10H8FN2.C10H9N2.5Ir/c1-3-7-14(8-4-1)13-18-12-11-17-16(18)15-9-5-2-6-10-15;1-3-7-13(8-4-1)15-16-11-12-17(15)14-9-5-2-6-10-14;1-14-5-4-13-10(14)8-3-2-7(11)6-9(8)12;1-13-7-6-12-10(13)8-2-4-9(11)5-3-8;1-12-8-7-11-10(12)9-5-3-2-4-6-9;;;;;/h1-9,11-12H,13H2;1-7,9-12H;2,4-6H,1H3;2,4-7H,1H3;2-5,7-8H,1H3;;;;;/q5*-1;;;;;. The van der Waals surface area contributed by atoms with Gasteiger partial charge >= 0.3 is 0 Å². The predicted octanol–water partition coefficient (Wildman–Crippen LogP) is 12.8. The van der Waals surface area contributed by atoms with Gasteiger partial charge in [-0.2, -0.15) is 0 Å². The van der Waals surface area contributed by atoms with Crippen molar-refractivity contribution in [2.24, 2.45) is 21.1 Å². The Balaban J connectivity index is 0.000000257. The summed E-state index contributed by atoms with van der Waals surface area (Å²) in [5.74, 6) is 2.48. The summed E-state index contributed by atoms with van der Waals surface area (Å²) in [7, 11) is 5.60. The summed E-state index contributed by atoms with van der Waals surface area (Å²) in [6.07, 6.45) is 18.1. The Kier molecular flexibility index (Phi) is 29.3. The SMILES string of the molecule is Cn1ccnc1-c1[c-]cc(F)cc1.Cn1ccnc1-c1[c-]cc(F)cc1F.Cn1ccnc1-c1[c-]cccc1.[Ir].[Ir].[Ir].[Ir].[Ir].[c-]1ccccc1-c1nccn1-c1ccccc1.[c-]1ccccc1-c1nccn1Cc1ccccc1. The summed E-state index contributed by atoms with van der Waals surface area (Å²) in [5, 5.41) is 0. The minimum absolute atomic E-state index is 0. The van der Waals surface area contributed by atoms with Crippen molar-refractivity contribution >= 4 is 0 Å². The minimum atomic E-state index is -0.653. The van der Waals surface area contributed by atoms with E-state index < -0.39 is 11.6 Å². The Morgan fingerprint density at radius 2 is 0.823 bits per heavy atom. The largest absolute Gasteiger partial charge is 0.373 e. The van der Waals surface area contributed by atoms with Crippen LogP contribution < -0.4 is 0 Å². The van der Waals surface area contributed by atoms with Gasteiger partial charge in [0.1, 0.15) is 0 Å². The maximum absolute atomic E-state index is 13.3. The van der Waals surface area contributed by atoms with E-state index in [1.54, 1.807) is 42.5 Å². The molecule has 0 N–H and O–H groups in total. The van der Waals surface area contributed by atoms with E-state index in [1.807, 2.05) is 157 Å². The van der Waals surface area contributed by atoms with Gasteiger partial charge in [-0.3, -0.25) is 38.1 Å². The van der Waals surface area contributed by atoms with E-state index in [0.717, 1.165) is 69.9 Å². The van der Waals surface area contributed by atoms with E-state index in [9.17, 15) is 13.2 Å². The molecule has 79 heavy (non-hydrogen) atoms. The third kappa shape index (κ3) is 19.2. The zero-order valence-corrected chi connectivity index (χ0v) is 54.3. The zero-order chi connectivity index (χ0) is 51.5. The maximum atomic E-state index is 13.3. The van der Waals surface area contributed by atoms with Crippen LogP contribution in [0.4, 0.5) is 13.2 Å². The van der Waals surface area contributed by atoms with Crippen LogP contribution in [0, 0.1) is 47.8 Å². The fraction of sp³-hybridized carbons (Fsp3) is 0.0656. The van der Waals surface area contributed by atoms with Gasteiger partial charge < -0.3 is 22.8 Å². The summed E-state index contributed by atoms with van der Waals surface area (Å²) in [5.41, 5.74) is 6.42. The quantitative estimate of drug-likeness (QED) is 0.141. The number of hydrogen-bond acceptors (Lipinski definition) is 5. The monoisotopic (exact) mass is 1940 g/mol. The number of rotatable bonds is 8. The van der Waals surface area contributed by atoms with E-state index in [4.69, 9.17) is 0 Å². The van der Waals surface area contributed by atoms with Crippen molar-refractivity contribution in [2.45, 2.75) is 6.54 Å². The van der Waals surface area contributed by atoms with Crippen molar-refractivity contribution < 1.29 is 114 Å². The van der Waals surface area contributed by atoms with Crippen LogP contribution in [-0.4, -0.2) is 47.8 Å². The van der Waals surface area contributed by atoms with Gasteiger partial charge in [0.25, 0.3) is 0 Å². The molecule has 0 fully saturated rings. The topological polar surface area (TPSA) is 89.1 Å². The average Bonchev–Trinajstić information content (AvgIpc) is 4.33. The van der Waals surface area contributed by atoms with Crippen molar-refractivity contribution in [3.63, 3.8) is 0 Å². The van der Waals surface area contributed by atoms with Crippen LogP contribution in [-0.2, 0) is 128 Å². The molecule has 5 heterocycles. The molecule has 0 unspecified atom stereocenters. The second kappa shape index (κ2) is 34.6. The summed E-state index contributed by atoms with van der Waals surface area (Å²) in [6, 6.07) is 65.4. The molecule has 0 atom stereocenters. The van der Waals surface area contributed by atoms with Crippen molar-refractivity contribution in [3.05, 3.63) is 279 Å². The van der Waals surface area contributed by atoms with E-state index in [2.05, 4.69) is 101 Å². The van der Waals surface area contributed by atoms with E-state index in [-0.39, 0.29) is 112 Å². The van der Waals surface area contributed by atoms with Crippen LogP contribution in [0.3, 0.4) is 0 Å². The fourth-order valence-electron chi connectivity index (χ4n) is 7.38. The van der Waals surface area contributed by atoms with Crippen LogP contribution >= 0.6 is 0 Å². The Morgan fingerprint density at radius 3 is 1.30 bits per heavy atom. The van der Waals surface area contributed by atoms with Gasteiger partial charge in [-0.25, -0.2) is 0 Å². The molecule has 0 spiro atoms. The molecule has 7 aromatic carbocycles. The van der Waals surface area contributed by atoms with Gasteiger partial charge in [0, 0.05) is 213 Å². The van der Waals surface area contributed by atoms with Crippen molar-refractivity contribution in [2.75, 3.05) is 0 Å². The van der Waals surface area contributed by atoms with E-state index in [1.165, 1.54) is 17.7 Å². The number of halogens is 3. The number of hydrogen-bond donors (Lipinski definition) is 0. The molecule has 0 bridgehead atoms. The number of nitrogens with zero attached hydrogens (tertiary/aromatic N) is 10. The number of aromatic nitrogens is 10. The molecular weight excluding hydrogens is 1890 g/mol. The number of aryl methyl sites for hydroxylation is 3. The van der Waals surface area contributed by atoms with Crippen LogP contribution in [0.1, 0.15) is 5.56 Å². The summed E-state index contributed by atoms with van der Waals surface area (Å²) >= 11 is 0. The van der Waals surface area contributed by atoms with Crippen LogP contribution in [0.2, 0.25) is 0 Å². The molecule has 413 valence electrons. The fourth-order valence-corrected chi connectivity index (χ4v) is 7.38. The first kappa shape index (κ1) is 66.9. The molecule has 18 heteroatoms. The molecule has 0 aliphatic rings. The Bertz CT molecular complexity index is 3510. The third-order valence-corrected chi connectivity index (χ3v) is 11.0. The predicted molar refractivity (Wildman–Crippen MR) is 282 cm³/mol. The molecule has 12 aromatic rings. The van der Waals surface area contributed by atoms with Crippen molar-refractivity contribution in [1.82, 2.24) is 47.8 Å². The molecule has 0 amide bonds. The van der Waals surface area contributed by atoms with Gasteiger partial charge in [-0.1, -0.05) is 60.2 Å². The Hall–Kier alpha value is -6.37. The minimum Gasteiger partial charge on any atom is -0.373 e. The first-order valence-corrected chi connectivity index (χ1v) is 23.2. The Morgan fingerprint density at radius 1 is 0.392 bits per heavy atom. The third-order valence-electron chi connectivity index (χ3n) is 11.0. The molecule has 0 aliphatic carbocycles. The zero-order valence-electron chi connectivity index (χ0n) is 42.3. The van der Waals surface area contributed by atoms with Crippen LogP contribution in [0.5, 0.6) is 0 Å². The average molecular weight is 1940 g/mol. The van der Waals surface area contributed by atoms with Crippen LogP contribution in [0.25, 0.3) is 62.6 Å². The van der Waals surface area contributed by atoms with Gasteiger partial charge in [0.05, 0.1) is 29.1 Å². The van der Waals surface area contributed by atoms with E-state index in [0.29, 0.717) is 5.82 Å². The van der Waals surface area contributed by atoms with Crippen LogP contribution in [0.15, 0.2) is 226 Å². The van der Waals surface area contributed by atoms with Crippen molar-refractivity contribution in [3.8, 4) is 62.6 Å². The van der Waals surface area contributed by atoms with Gasteiger partial charge in [-0.05, 0) is 17.7 Å². The summed E-state index contributed by atoms with van der Waals surface area (Å²) in [4.78, 5) is 21.1. The molecule has 5 aromatic heterocycles. The molecule has 0 aliphatic heterocycles. The molecule has 0 saturated carbocycles. The summed E-state index contributed by atoms with van der Waals surface area (Å²) in [6.45, 7) is 0.832. The van der Waals surface area contributed by atoms with Gasteiger partial charge in [0.2, 0.25) is 0 Å². The normalized spacial score (nSPS) is 9.70. The number of para-hydroxylation sites is 1. The first-order valence-electron chi connectivity index (χ1n) is 23.2. The smallest absolute Gasteiger partial charge is 0.0602 e. The number of benzene rings is 7. The number of imidazole rings is 5. The molecular formula is C61H48F3Ir5N10-5. The Labute approximate surface area is 526 Å². The first-order chi connectivity index (χ1) is 36.2. The molecule has 0 saturated heterocycles. The molecule has 5 radical (unpaired) electrons. The molecule has 12 rings (SSSR count). The van der Waals surface area contributed by atoms with Crippen molar-refractivity contribution in [1.29, 1.82) is 0 Å². The van der Waals surface area contributed by atoms with E-state index >= 15 is 0 Å². The summed E-state index contributed by atoms with van der Waals surface area (Å²) < 4.78 is 48.1. The molecule has 10 nitrogen and oxygen atoms in total.